The van der Waals surface area contributed by atoms with Crippen molar-refractivity contribution < 1.29 is 0 Å². The summed E-state index contributed by atoms with van der Waals surface area (Å²) in [6, 6.07) is 2.06. The minimum Gasteiger partial charge on any atom is -0.252 e. The van der Waals surface area contributed by atoms with Crippen molar-refractivity contribution in [1.29, 1.82) is 0 Å². The molecule has 0 saturated heterocycles. The van der Waals surface area contributed by atoms with E-state index < -0.39 is 0 Å². The van der Waals surface area contributed by atoms with Gasteiger partial charge in [-0.15, -0.1) is 11.3 Å². The van der Waals surface area contributed by atoms with Crippen molar-refractivity contribution in [2.75, 3.05) is 0 Å². The Bertz CT molecular complexity index is 392. The summed E-state index contributed by atoms with van der Waals surface area (Å²) in [7, 11) is 0. The number of thiophene rings is 1. The fourth-order valence-electron chi connectivity index (χ4n) is 1.01. The summed E-state index contributed by atoms with van der Waals surface area (Å²) in [6.45, 7) is 4.03. The lowest BCUT2D eigenvalue weighted by molar-refractivity contribution is 1.20. The fraction of sp³-hybridized carbons (Fsp3) is 0.250. The second-order valence-corrected chi connectivity index (χ2v) is 3.79. The molecule has 2 aromatic rings. The molecule has 0 N–H and O–H groups in total. The molecule has 3 heteroatoms. The normalized spacial score (nSPS) is 10.7. The Labute approximate surface area is 68.9 Å². The molecule has 0 bridgehead atoms. The first kappa shape index (κ1) is 6.73. The molecule has 2 aromatic heterocycles. The highest BCUT2D eigenvalue weighted by Gasteiger charge is 1.99. The summed E-state index contributed by atoms with van der Waals surface area (Å²) in [5.41, 5.74) is 2.00. The third-order valence-corrected chi connectivity index (χ3v) is 2.42. The zero-order valence-electron chi connectivity index (χ0n) is 6.46. The van der Waals surface area contributed by atoms with Gasteiger partial charge in [0.25, 0.3) is 0 Å². The first-order valence-corrected chi connectivity index (χ1v) is 4.27. The van der Waals surface area contributed by atoms with Gasteiger partial charge < -0.3 is 0 Å². The smallest absolute Gasteiger partial charge is 0.142 e. The van der Waals surface area contributed by atoms with Crippen LogP contribution in [-0.2, 0) is 0 Å². The van der Waals surface area contributed by atoms with Crippen LogP contribution < -0.4 is 0 Å². The topological polar surface area (TPSA) is 25.8 Å². The van der Waals surface area contributed by atoms with E-state index in [4.69, 9.17) is 0 Å². The Morgan fingerprint density at radius 2 is 2.18 bits per heavy atom. The van der Waals surface area contributed by atoms with Crippen LogP contribution in [-0.4, -0.2) is 9.97 Å². The summed E-state index contributed by atoms with van der Waals surface area (Å²) in [6.07, 6.45) is 1.80. The molecule has 0 aromatic carbocycles. The third-order valence-electron chi connectivity index (χ3n) is 1.49. The zero-order chi connectivity index (χ0) is 7.84. The number of fused-ring (bicyclic) bond motifs is 1. The fourth-order valence-corrected chi connectivity index (χ4v) is 1.89. The molecule has 0 aliphatic rings. The van der Waals surface area contributed by atoms with E-state index in [1.54, 1.807) is 17.5 Å². The highest BCUT2D eigenvalue weighted by atomic mass is 32.1. The predicted molar refractivity (Wildman–Crippen MR) is 46.9 cm³/mol. The van der Waals surface area contributed by atoms with Gasteiger partial charge >= 0.3 is 0 Å². The molecule has 0 radical (unpaired) electrons. The third kappa shape index (κ3) is 1.12. The number of aromatic nitrogens is 2. The Balaban J connectivity index is 2.82. The molecule has 0 aliphatic heterocycles. The zero-order valence-corrected chi connectivity index (χ0v) is 7.27. The number of hydrogen-bond acceptors (Lipinski definition) is 3. The first-order chi connectivity index (χ1) is 5.25. The lowest BCUT2D eigenvalue weighted by Crippen LogP contribution is -1.80. The Hall–Kier alpha value is -0.960. The number of rotatable bonds is 0. The van der Waals surface area contributed by atoms with E-state index >= 15 is 0 Å². The summed E-state index contributed by atoms with van der Waals surface area (Å²) < 4.78 is 0. The Morgan fingerprint density at radius 1 is 1.36 bits per heavy atom. The van der Waals surface area contributed by atoms with Crippen LogP contribution in [0.2, 0.25) is 0 Å². The van der Waals surface area contributed by atoms with Gasteiger partial charge in [0.15, 0.2) is 0 Å². The number of hydrogen-bond donors (Lipinski definition) is 0. The predicted octanol–water partition coefficient (Wildman–Crippen LogP) is 2.31. The molecule has 0 unspecified atom stereocenters. The van der Waals surface area contributed by atoms with Crippen molar-refractivity contribution in [3.05, 3.63) is 22.8 Å². The van der Waals surface area contributed by atoms with Crippen molar-refractivity contribution in [3.8, 4) is 0 Å². The molecule has 0 saturated carbocycles. The maximum absolute atomic E-state index is 4.35. The molecule has 2 nitrogen and oxygen atoms in total. The molecule has 0 spiro atoms. The molecule has 0 fully saturated rings. The van der Waals surface area contributed by atoms with Gasteiger partial charge in [-0.05, 0) is 19.9 Å². The van der Waals surface area contributed by atoms with E-state index in [-0.39, 0.29) is 0 Å². The van der Waals surface area contributed by atoms with Gasteiger partial charge in [-0.25, -0.2) is 4.98 Å². The molecule has 0 amide bonds. The van der Waals surface area contributed by atoms with E-state index in [0.717, 1.165) is 16.0 Å². The average Bonchev–Trinajstić information content (AvgIpc) is 2.27. The van der Waals surface area contributed by atoms with E-state index in [1.807, 2.05) is 6.92 Å². The molecule has 56 valence electrons. The van der Waals surface area contributed by atoms with E-state index in [2.05, 4.69) is 23.0 Å². The minimum absolute atomic E-state index is 0.986. The number of aryl methyl sites for hydroxylation is 2. The molecule has 11 heavy (non-hydrogen) atoms. The average molecular weight is 164 g/mol. The SMILES string of the molecule is Cc1cnc2cc(C)sc2n1. The molecular weight excluding hydrogens is 156 g/mol. The van der Waals surface area contributed by atoms with Crippen LogP contribution in [0, 0.1) is 13.8 Å². The van der Waals surface area contributed by atoms with Gasteiger partial charge in [0.1, 0.15) is 4.83 Å². The highest BCUT2D eigenvalue weighted by molar-refractivity contribution is 7.18. The monoisotopic (exact) mass is 164 g/mol. The standard InChI is InChI=1S/C8H8N2S/c1-5-4-9-7-3-6(2)11-8(7)10-5/h3-4H,1-2H3. The summed E-state index contributed by atoms with van der Waals surface area (Å²) >= 11 is 1.69. The van der Waals surface area contributed by atoms with Crippen molar-refractivity contribution in [3.63, 3.8) is 0 Å². The van der Waals surface area contributed by atoms with E-state index in [9.17, 15) is 0 Å². The van der Waals surface area contributed by atoms with Crippen LogP contribution >= 0.6 is 11.3 Å². The minimum atomic E-state index is 0.986. The van der Waals surface area contributed by atoms with Gasteiger partial charge in [-0.1, -0.05) is 0 Å². The van der Waals surface area contributed by atoms with Gasteiger partial charge in [0.05, 0.1) is 11.2 Å². The van der Waals surface area contributed by atoms with Gasteiger partial charge in [-0.3, -0.25) is 4.98 Å². The molecule has 2 rings (SSSR count). The van der Waals surface area contributed by atoms with Gasteiger partial charge in [-0.2, -0.15) is 0 Å². The summed E-state index contributed by atoms with van der Waals surface area (Å²) in [5.74, 6) is 0. The van der Waals surface area contributed by atoms with Crippen molar-refractivity contribution in [2.45, 2.75) is 13.8 Å². The van der Waals surface area contributed by atoms with Crippen LogP contribution in [0.4, 0.5) is 0 Å². The molecule has 2 heterocycles. The second kappa shape index (κ2) is 2.27. The van der Waals surface area contributed by atoms with Gasteiger partial charge in [0.2, 0.25) is 0 Å². The van der Waals surface area contributed by atoms with Crippen LogP contribution in [0.3, 0.4) is 0 Å². The van der Waals surface area contributed by atoms with Gasteiger partial charge in [0, 0.05) is 11.1 Å². The Kier molecular flexibility index (Phi) is 1.39. The molecule has 0 aliphatic carbocycles. The Morgan fingerprint density at radius 3 is 3.00 bits per heavy atom. The lowest BCUT2D eigenvalue weighted by atomic mass is 10.4. The van der Waals surface area contributed by atoms with Crippen molar-refractivity contribution in [2.24, 2.45) is 0 Å². The maximum atomic E-state index is 4.35. The van der Waals surface area contributed by atoms with Crippen LogP contribution in [0.5, 0.6) is 0 Å². The molecular formula is C8H8N2S. The number of nitrogens with zero attached hydrogens (tertiary/aromatic N) is 2. The first-order valence-electron chi connectivity index (χ1n) is 3.45. The van der Waals surface area contributed by atoms with Crippen LogP contribution in [0.25, 0.3) is 10.3 Å². The summed E-state index contributed by atoms with van der Waals surface area (Å²) in [5, 5.41) is 0. The highest BCUT2D eigenvalue weighted by Crippen LogP contribution is 2.20. The van der Waals surface area contributed by atoms with E-state index in [1.165, 1.54) is 4.88 Å². The summed E-state index contributed by atoms with van der Waals surface area (Å²) in [4.78, 5) is 10.9. The lowest BCUT2D eigenvalue weighted by Gasteiger charge is -1.88. The largest absolute Gasteiger partial charge is 0.252 e. The molecule has 0 atom stereocenters. The van der Waals surface area contributed by atoms with Crippen LogP contribution in [0.1, 0.15) is 10.6 Å². The second-order valence-electron chi connectivity index (χ2n) is 2.56. The van der Waals surface area contributed by atoms with Crippen molar-refractivity contribution >= 4 is 21.7 Å². The van der Waals surface area contributed by atoms with E-state index in [0.29, 0.717) is 0 Å². The quantitative estimate of drug-likeness (QED) is 0.597. The van der Waals surface area contributed by atoms with Crippen molar-refractivity contribution in [1.82, 2.24) is 9.97 Å². The van der Waals surface area contributed by atoms with Crippen LogP contribution in [0.15, 0.2) is 12.3 Å². The maximum Gasteiger partial charge on any atom is 0.142 e.